The lowest BCUT2D eigenvalue weighted by molar-refractivity contribution is 0.0350. The Labute approximate surface area is 160 Å². The van der Waals surface area contributed by atoms with Crippen LogP contribution in [0.25, 0.3) is 22.5 Å². The minimum atomic E-state index is -0.367. The van der Waals surface area contributed by atoms with Crippen LogP contribution in [0.1, 0.15) is 49.0 Å². The van der Waals surface area contributed by atoms with Gasteiger partial charge in [-0.15, -0.1) is 0 Å². The van der Waals surface area contributed by atoms with Crippen LogP contribution in [0.2, 0.25) is 0 Å². The van der Waals surface area contributed by atoms with Crippen LogP contribution in [0.15, 0.2) is 59.2 Å². The molecule has 0 fully saturated rings. The van der Waals surface area contributed by atoms with E-state index in [1.54, 1.807) is 6.26 Å². The fourth-order valence-electron chi connectivity index (χ4n) is 3.82. The van der Waals surface area contributed by atoms with Crippen LogP contribution >= 0.6 is 0 Å². The molecule has 3 aromatic rings. The number of rotatable bonds is 4. The van der Waals surface area contributed by atoms with Crippen LogP contribution in [-0.4, -0.2) is 11.4 Å². The number of ketones is 1. The first kappa shape index (κ1) is 17.6. The summed E-state index contributed by atoms with van der Waals surface area (Å²) in [4.78, 5) is 12.8. The van der Waals surface area contributed by atoms with Crippen molar-refractivity contribution in [1.82, 2.24) is 0 Å². The molecule has 0 radical (unpaired) electrons. The lowest BCUT2D eigenvalue weighted by Crippen LogP contribution is -2.40. The number of carbonyl (C=O) groups excluding carboxylic acids is 1. The molecule has 1 aliphatic heterocycles. The molecule has 0 amide bonds. The largest absolute Gasteiger partial charge is 0.486 e. The second-order valence-electron chi connectivity index (χ2n) is 7.32. The number of carbonyl (C=O) groups is 1. The molecule has 138 valence electrons. The molecule has 0 unspecified atom stereocenters. The van der Waals surface area contributed by atoms with Crippen LogP contribution in [0, 0.1) is 6.92 Å². The predicted molar refractivity (Wildman–Crippen MR) is 107 cm³/mol. The topological polar surface area (TPSA) is 39.4 Å². The Morgan fingerprint density at radius 1 is 0.963 bits per heavy atom. The maximum absolute atomic E-state index is 12.8. The van der Waals surface area contributed by atoms with E-state index in [2.05, 4.69) is 32.9 Å². The fraction of sp³-hybridized carbons (Fsp3) is 0.292. The Morgan fingerprint density at radius 3 is 2.48 bits per heavy atom. The summed E-state index contributed by atoms with van der Waals surface area (Å²) in [6, 6.07) is 16.0. The zero-order valence-corrected chi connectivity index (χ0v) is 16.0. The summed E-state index contributed by atoms with van der Waals surface area (Å²) < 4.78 is 12.0. The molecule has 3 nitrogen and oxygen atoms in total. The first-order valence-electron chi connectivity index (χ1n) is 9.56. The molecule has 3 heteroatoms. The average Bonchev–Trinajstić information content (AvgIpc) is 3.18. The minimum Gasteiger partial charge on any atom is -0.486 e. The molecule has 0 N–H and O–H groups in total. The second kappa shape index (κ2) is 6.73. The van der Waals surface area contributed by atoms with Crippen LogP contribution < -0.4 is 4.74 Å². The summed E-state index contributed by atoms with van der Waals surface area (Å²) in [7, 11) is 0. The molecule has 0 atom stereocenters. The summed E-state index contributed by atoms with van der Waals surface area (Å²) in [6.45, 7) is 6.24. The van der Waals surface area contributed by atoms with Crippen molar-refractivity contribution in [3.8, 4) is 28.2 Å². The molecule has 4 rings (SSSR count). The fourth-order valence-corrected chi connectivity index (χ4v) is 3.82. The molecule has 0 saturated heterocycles. The first-order chi connectivity index (χ1) is 13.0. The normalized spacial score (nSPS) is 15.3. The van der Waals surface area contributed by atoms with Gasteiger partial charge >= 0.3 is 0 Å². The predicted octanol–water partition coefficient (Wildman–Crippen LogP) is 6.45. The maximum Gasteiger partial charge on any atom is 0.170 e. The van der Waals surface area contributed by atoms with E-state index in [0.29, 0.717) is 17.7 Å². The van der Waals surface area contributed by atoms with Crippen molar-refractivity contribution in [3.63, 3.8) is 0 Å². The lowest BCUT2D eigenvalue weighted by atomic mass is 9.85. The molecule has 2 aromatic carbocycles. The average molecular weight is 360 g/mol. The van der Waals surface area contributed by atoms with Gasteiger partial charge in [0.2, 0.25) is 0 Å². The molecule has 27 heavy (non-hydrogen) atoms. The van der Waals surface area contributed by atoms with Gasteiger partial charge in [0.15, 0.2) is 5.78 Å². The number of aryl methyl sites for hydroxylation is 1. The van der Waals surface area contributed by atoms with Crippen molar-refractivity contribution in [2.45, 2.75) is 45.6 Å². The third-order valence-corrected chi connectivity index (χ3v) is 5.72. The number of ether oxygens (including phenoxy) is 1. The Hall–Kier alpha value is -2.81. The SMILES string of the molecule is CCC1(CC)CC(=O)c2cc(-c3cc(-c4ccccc4C)co3)ccc2O1. The highest BCUT2D eigenvalue weighted by atomic mass is 16.5. The summed E-state index contributed by atoms with van der Waals surface area (Å²) in [5.41, 5.74) is 4.58. The van der Waals surface area contributed by atoms with Gasteiger partial charge in [0.1, 0.15) is 17.1 Å². The quantitative estimate of drug-likeness (QED) is 0.537. The van der Waals surface area contributed by atoms with E-state index in [1.807, 2.05) is 36.4 Å². The van der Waals surface area contributed by atoms with Gasteiger partial charge < -0.3 is 9.15 Å². The zero-order chi connectivity index (χ0) is 19.0. The van der Waals surface area contributed by atoms with Crippen molar-refractivity contribution in [2.24, 2.45) is 0 Å². The van der Waals surface area contributed by atoms with Crippen LogP contribution in [-0.2, 0) is 0 Å². The van der Waals surface area contributed by atoms with Gasteiger partial charge in [0.25, 0.3) is 0 Å². The van der Waals surface area contributed by atoms with E-state index < -0.39 is 0 Å². The number of fused-ring (bicyclic) bond motifs is 1. The van der Waals surface area contributed by atoms with Crippen molar-refractivity contribution in [2.75, 3.05) is 0 Å². The van der Waals surface area contributed by atoms with E-state index in [4.69, 9.17) is 9.15 Å². The first-order valence-corrected chi connectivity index (χ1v) is 9.56. The smallest absolute Gasteiger partial charge is 0.170 e. The third-order valence-electron chi connectivity index (χ3n) is 5.72. The Balaban J connectivity index is 1.69. The number of Topliss-reactive ketones (excluding diaryl/α,β-unsaturated/α-hetero) is 1. The van der Waals surface area contributed by atoms with Gasteiger partial charge in [-0.3, -0.25) is 4.79 Å². The zero-order valence-electron chi connectivity index (χ0n) is 16.0. The van der Waals surface area contributed by atoms with Gasteiger partial charge in [0.05, 0.1) is 18.2 Å². The van der Waals surface area contributed by atoms with Gasteiger partial charge in [-0.1, -0.05) is 38.1 Å². The van der Waals surface area contributed by atoms with Gasteiger partial charge in [-0.2, -0.15) is 0 Å². The van der Waals surface area contributed by atoms with Crippen molar-refractivity contribution < 1.29 is 13.9 Å². The summed E-state index contributed by atoms with van der Waals surface area (Å²) in [6.07, 6.45) is 3.86. The molecule has 1 aromatic heterocycles. The molecule has 0 aliphatic carbocycles. The second-order valence-corrected chi connectivity index (χ2v) is 7.32. The molecular weight excluding hydrogens is 336 g/mol. The molecular formula is C24H24O3. The molecule has 0 saturated carbocycles. The highest BCUT2D eigenvalue weighted by Crippen LogP contribution is 2.39. The van der Waals surface area contributed by atoms with Crippen LogP contribution in [0.5, 0.6) is 5.75 Å². The number of hydrogen-bond donors (Lipinski definition) is 0. The summed E-state index contributed by atoms with van der Waals surface area (Å²) in [5, 5.41) is 0. The van der Waals surface area contributed by atoms with Crippen molar-refractivity contribution >= 4 is 5.78 Å². The van der Waals surface area contributed by atoms with Crippen LogP contribution in [0.4, 0.5) is 0 Å². The number of hydrogen-bond acceptors (Lipinski definition) is 3. The lowest BCUT2D eigenvalue weighted by Gasteiger charge is -2.36. The summed E-state index contributed by atoms with van der Waals surface area (Å²) >= 11 is 0. The van der Waals surface area contributed by atoms with E-state index >= 15 is 0 Å². The Kier molecular flexibility index (Phi) is 4.39. The van der Waals surface area contributed by atoms with Crippen LogP contribution in [0.3, 0.4) is 0 Å². The van der Waals surface area contributed by atoms with E-state index in [-0.39, 0.29) is 11.4 Å². The van der Waals surface area contributed by atoms with Gasteiger partial charge in [-0.05, 0) is 55.2 Å². The van der Waals surface area contributed by atoms with Crippen molar-refractivity contribution in [3.05, 3.63) is 65.9 Å². The summed E-state index contributed by atoms with van der Waals surface area (Å²) in [5.74, 6) is 1.59. The monoisotopic (exact) mass is 360 g/mol. The van der Waals surface area contributed by atoms with E-state index in [1.165, 1.54) is 5.56 Å². The van der Waals surface area contributed by atoms with E-state index in [9.17, 15) is 4.79 Å². The maximum atomic E-state index is 12.8. The molecule has 0 bridgehead atoms. The standard InChI is InChI=1S/C24H24O3/c1-4-24(5-2)14-21(25)20-12-17(10-11-22(20)27-24)23-13-18(15-26-23)19-9-7-6-8-16(19)3/h6-13,15H,4-5,14H2,1-3H3. The molecule has 1 aliphatic rings. The Morgan fingerprint density at radius 2 is 1.74 bits per heavy atom. The minimum absolute atomic E-state index is 0.146. The Bertz CT molecular complexity index is 992. The highest BCUT2D eigenvalue weighted by Gasteiger charge is 2.37. The highest BCUT2D eigenvalue weighted by molar-refractivity contribution is 6.01. The van der Waals surface area contributed by atoms with Crippen molar-refractivity contribution in [1.29, 1.82) is 0 Å². The van der Waals surface area contributed by atoms with Gasteiger partial charge in [-0.25, -0.2) is 0 Å². The van der Waals surface area contributed by atoms with Gasteiger partial charge in [0, 0.05) is 11.1 Å². The third kappa shape index (κ3) is 3.08. The number of benzene rings is 2. The van der Waals surface area contributed by atoms with E-state index in [0.717, 1.165) is 35.3 Å². The number of furan rings is 1. The molecule has 0 spiro atoms. The molecule has 2 heterocycles.